The van der Waals surface area contributed by atoms with Gasteiger partial charge in [-0.25, -0.2) is 4.39 Å². The average molecular weight is 169 g/mol. The quantitative estimate of drug-likeness (QED) is 0.618. The Morgan fingerprint density at radius 1 is 1.75 bits per heavy atom. The SMILES string of the molecule is COC(=O)Cc1ncccc1F. The van der Waals surface area contributed by atoms with Crippen LogP contribution in [0.3, 0.4) is 0 Å². The van der Waals surface area contributed by atoms with E-state index >= 15 is 0 Å². The van der Waals surface area contributed by atoms with Crippen LogP contribution in [-0.4, -0.2) is 18.1 Å². The lowest BCUT2D eigenvalue weighted by molar-refractivity contribution is -0.139. The fraction of sp³-hybridized carbons (Fsp3) is 0.250. The number of carbonyl (C=O) groups is 1. The zero-order chi connectivity index (χ0) is 8.97. The van der Waals surface area contributed by atoms with Gasteiger partial charge in [-0.1, -0.05) is 0 Å². The van der Waals surface area contributed by atoms with Crippen molar-refractivity contribution in [3.8, 4) is 0 Å². The predicted octanol–water partition coefficient (Wildman–Crippen LogP) is 0.936. The van der Waals surface area contributed by atoms with E-state index in [1.807, 2.05) is 0 Å². The summed E-state index contributed by atoms with van der Waals surface area (Å²) in [4.78, 5) is 14.4. The molecule has 0 saturated heterocycles. The highest BCUT2D eigenvalue weighted by Crippen LogP contribution is 2.03. The van der Waals surface area contributed by atoms with Gasteiger partial charge in [0.25, 0.3) is 0 Å². The largest absolute Gasteiger partial charge is 0.469 e. The van der Waals surface area contributed by atoms with Gasteiger partial charge in [0.15, 0.2) is 0 Å². The third-order valence-corrected chi connectivity index (χ3v) is 1.37. The lowest BCUT2D eigenvalue weighted by Crippen LogP contribution is -2.07. The van der Waals surface area contributed by atoms with E-state index in [9.17, 15) is 9.18 Å². The van der Waals surface area contributed by atoms with E-state index in [1.165, 1.54) is 25.4 Å². The first-order valence-electron chi connectivity index (χ1n) is 3.40. The maximum absolute atomic E-state index is 12.8. The van der Waals surface area contributed by atoms with Crippen LogP contribution in [0, 0.1) is 5.82 Å². The second-order valence-corrected chi connectivity index (χ2v) is 2.18. The summed E-state index contributed by atoms with van der Waals surface area (Å²) >= 11 is 0. The molecule has 0 aromatic carbocycles. The molecular weight excluding hydrogens is 161 g/mol. The van der Waals surface area contributed by atoms with Crippen molar-refractivity contribution in [3.63, 3.8) is 0 Å². The summed E-state index contributed by atoms with van der Waals surface area (Å²) in [5, 5.41) is 0. The number of pyridine rings is 1. The number of hydrogen-bond acceptors (Lipinski definition) is 3. The van der Waals surface area contributed by atoms with Crippen LogP contribution >= 0.6 is 0 Å². The zero-order valence-corrected chi connectivity index (χ0v) is 6.58. The van der Waals surface area contributed by atoms with Gasteiger partial charge in [0.05, 0.1) is 19.2 Å². The molecule has 0 bridgehead atoms. The first kappa shape index (κ1) is 8.64. The number of methoxy groups -OCH3 is 1. The highest BCUT2D eigenvalue weighted by Gasteiger charge is 2.07. The summed E-state index contributed by atoms with van der Waals surface area (Å²) in [6.45, 7) is 0. The van der Waals surface area contributed by atoms with E-state index in [2.05, 4.69) is 9.72 Å². The van der Waals surface area contributed by atoms with Crippen molar-refractivity contribution in [3.05, 3.63) is 29.8 Å². The second-order valence-electron chi connectivity index (χ2n) is 2.18. The van der Waals surface area contributed by atoms with Crippen LogP contribution in [0.2, 0.25) is 0 Å². The Balaban J connectivity index is 2.75. The average Bonchev–Trinajstić information content (AvgIpc) is 2.09. The van der Waals surface area contributed by atoms with E-state index in [4.69, 9.17) is 0 Å². The summed E-state index contributed by atoms with van der Waals surface area (Å²) < 4.78 is 17.2. The maximum atomic E-state index is 12.8. The molecular formula is C8H8FNO2. The number of ether oxygens (including phenoxy) is 1. The van der Waals surface area contributed by atoms with Gasteiger partial charge in [0.2, 0.25) is 0 Å². The maximum Gasteiger partial charge on any atom is 0.311 e. The van der Waals surface area contributed by atoms with Crippen LogP contribution in [0.1, 0.15) is 5.69 Å². The molecule has 0 aliphatic carbocycles. The summed E-state index contributed by atoms with van der Waals surface area (Å²) in [5.74, 6) is -0.976. The number of halogens is 1. The molecule has 1 rings (SSSR count). The van der Waals surface area contributed by atoms with Gasteiger partial charge in [-0.15, -0.1) is 0 Å². The molecule has 64 valence electrons. The topological polar surface area (TPSA) is 39.2 Å². The highest BCUT2D eigenvalue weighted by molar-refractivity contribution is 5.71. The third kappa shape index (κ3) is 2.02. The van der Waals surface area contributed by atoms with Gasteiger partial charge in [0, 0.05) is 6.20 Å². The zero-order valence-electron chi connectivity index (χ0n) is 6.58. The molecule has 0 N–H and O–H groups in total. The fourth-order valence-corrected chi connectivity index (χ4v) is 0.757. The molecule has 12 heavy (non-hydrogen) atoms. The summed E-state index contributed by atoms with van der Waals surface area (Å²) in [5.41, 5.74) is 0.115. The van der Waals surface area contributed by atoms with Gasteiger partial charge in [0.1, 0.15) is 5.82 Å². The number of aromatic nitrogens is 1. The Labute approximate surface area is 69.2 Å². The first-order chi connectivity index (χ1) is 5.74. The van der Waals surface area contributed by atoms with E-state index in [0.29, 0.717) is 0 Å². The van der Waals surface area contributed by atoms with Crippen LogP contribution in [0.25, 0.3) is 0 Å². The van der Waals surface area contributed by atoms with Crippen LogP contribution in [-0.2, 0) is 16.0 Å². The minimum absolute atomic E-state index is 0.115. The molecule has 0 aliphatic rings. The number of esters is 1. The number of nitrogens with zero attached hydrogens (tertiary/aromatic N) is 1. The fourth-order valence-electron chi connectivity index (χ4n) is 0.757. The van der Waals surface area contributed by atoms with Gasteiger partial charge >= 0.3 is 5.97 Å². The molecule has 1 aromatic heterocycles. The van der Waals surface area contributed by atoms with Crippen molar-refractivity contribution >= 4 is 5.97 Å². The lowest BCUT2D eigenvalue weighted by Gasteiger charge is -1.99. The molecule has 1 aromatic rings. The van der Waals surface area contributed by atoms with Gasteiger partial charge in [-0.3, -0.25) is 9.78 Å². The smallest absolute Gasteiger partial charge is 0.311 e. The summed E-state index contributed by atoms with van der Waals surface area (Å²) in [6, 6.07) is 2.72. The Kier molecular flexibility index (Phi) is 2.74. The van der Waals surface area contributed by atoms with Crippen molar-refractivity contribution in [2.45, 2.75) is 6.42 Å². The number of carbonyl (C=O) groups excluding carboxylic acids is 1. The highest BCUT2D eigenvalue weighted by atomic mass is 19.1. The van der Waals surface area contributed by atoms with E-state index < -0.39 is 11.8 Å². The number of hydrogen-bond donors (Lipinski definition) is 0. The number of rotatable bonds is 2. The molecule has 1 heterocycles. The van der Waals surface area contributed by atoms with Crippen molar-refractivity contribution in [2.75, 3.05) is 7.11 Å². The lowest BCUT2D eigenvalue weighted by atomic mass is 10.2. The normalized spacial score (nSPS) is 9.50. The van der Waals surface area contributed by atoms with Crippen LogP contribution in [0.4, 0.5) is 4.39 Å². The first-order valence-corrected chi connectivity index (χ1v) is 3.40. The monoisotopic (exact) mass is 169 g/mol. The Morgan fingerprint density at radius 2 is 2.50 bits per heavy atom. The van der Waals surface area contributed by atoms with E-state index in [0.717, 1.165) is 0 Å². The van der Waals surface area contributed by atoms with Crippen molar-refractivity contribution in [2.24, 2.45) is 0 Å². The molecule has 0 radical (unpaired) electrons. The molecule has 0 amide bonds. The summed E-state index contributed by atoms with van der Waals surface area (Å²) in [7, 11) is 1.25. The molecule has 0 saturated carbocycles. The molecule has 0 spiro atoms. The third-order valence-electron chi connectivity index (χ3n) is 1.37. The van der Waals surface area contributed by atoms with Crippen molar-refractivity contribution in [1.82, 2.24) is 4.98 Å². The standard InChI is InChI=1S/C8H8FNO2/c1-12-8(11)5-7-6(9)3-2-4-10-7/h2-4H,5H2,1H3. The molecule has 0 aliphatic heterocycles. The molecule has 0 fully saturated rings. The van der Waals surface area contributed by atoms with Crippen LogP contribution in [0.5, 0.6) is 0 Å². The molecule has 0 atom stereocenters. The van der Waals surface area contributed by atoms with Crippen LogP contribution in [0.15, 0.2) is 18.3 Å². The van der Waals surface area contributed by atoms with Crippen molar-refractivity contribution in [1.29, 1.82) is 0 Å². The minimum Gasteiger partial charge on any atom is -0.469 e. The second kappa shape index (κ2) is 3.80. The van der Waals surface area contributed by atoms with E-state index in [-0.39, 0.29) is 12.1 Å². The Bertz CT molecular complexity index is 288. The molecule has 0 unspecified atom stereocenters. The molecule has 4 heteroatoms. The van der Waals surface area contributed by atoms with Gasteiger partial charge < -0.3 is 4.74 Å². The van der Waals surface area contributed by atoms with E-state index in [1.54, 1.807) is 0 Å². The Hall–Kier alpha value is -1.45. The molecule has 3 nitrogen and oxygen atoms in total. The minimum atomic E-state index is -0.493. The Morgan fingerprint density at radius 3 is 3.08 bits per heavy atom. The summed E-state index contributed by atoms with van der Waals surface area (Å²) in [6.07, 6.45) is 1.31. The predicted molar refractivity (Wildman–Crippen MR) is 39.9 cm³/mol. The van der Waals surface area contributed by atoms with Crippen LogP contribution < -0.4 is 0 Å². The van der Waals surface area contributed by atoms with Crippen molar-refractivity contribution < 1.29 is 13.9 Å². The van der Waals surface area contributed by atoms with Gasteiger partial charge in [-0.05, 0) is 12.1 Å². The van der Waals surface area contributed by atoms with Gasteiger partial charge in [-0.2, -0.15) is 0 Å².